The number of carbonyl (C=O) groups excluding carboxylic acids is 2. The Morgan fingerprint density at radius 1 is 1.08 bits per heavy atom. The summed E-state index contributed by atoms with van der Waals surface area (Å²) in [6, 6.07) is 0. The molecule has 0 unspecified atom stereocenters. The van der Waals surface area contributed by atoms with Gasteiger partial charge in [0.25, 0.3) is 0 Å². The Morgan fingerprint density at radius 3 is 2.17 bits per heavy atom. The molecule has 0 spiro atoms. The number of alkyl carbamates (subject to hydrolysis) is 1. The zero-order valence-electron chi connectivity index (χ0n) is 16.0. The van der Waals surface area contributed by atoms with E-state index in [0.717, 1.165) is 6.54 Å². The van der Waals surface area contributed by atoms with Gasteiger partial charge in [0.05, 0.1) is 0 Å². The standard InChI is InChI=1S/C16H33N5O3/c1-12(2)10-19-14(20-11-13(22)21(6)7)17-8-9-18-15(23)24-16(3,4)5/h12H,8-11H2,1-7H3,(H,18,23)(H2,17,19,20). The minimum atomic E-state index is -0.518. The van der Waals surface area contributed by atoms with E-state index >= 15 is 0 Å². The molecule has 24 heavy (non-hydrogen) atoms. The number of nitrogens with one attached hydrogen (secondary N) is 3. The van der Waals surface area contributed by atoms with E-state index in [0.29, 0.717) is 25.0 Å². The average molecular weight is 343 g/mol. The number of guanidine groups is 1. The van der Waals surface area contributed by atoms with Crippen LogP contribution in [0.5, 0.6) is 0 Å². The second kappa shape index (κ2) is 10.7. The Labute approximate surface area is 145 Å². The molecule has 0 aliphatic heterocycles. The summed E-state index contributed by atoms with van der Waals surface area (Å²) < 4.78 is 5.16. The van der Waals surface area contributed by atoms with Crippen LogP contribution in [0, 0.1) is 5.92 Å². The van der Waals surface area contributed by atoms with Crippen molar-refractivity contribution in [3.8, 4) is 0 Å². The van der Waals surface area contributed by atoms with E-state index in [-0.39, 0.29) is 12.5 Å². The maximum atomic E-state index is 11.6. The lowest BCUT2D eigenvalue weighted by Crippen LogP contribution is -2.44. The molecule has 0 fully saturated rings. The molecule has 8 nitrogen and oxygen atoms in total. The maximum absolute atomic E-state index is 11.6. The van der Waals surface area contributed by atoms with Crippen molar-refractivity contribution in [1.82, 2.24) is 20.9 Å². The van der Waals surface area contributed by atoms with Crippen LogP contribution in [0.2, 0.25) is 0 Å². The van der Waals surface area contributed by atoms with Crippen molar-refractivity contribution in [2.75, 3.05) is 40.3 Å². The van der Waals surface area contributed by atoms with E-state index < -0.39 is 11.7 Å². The van der Waals surface area contributed by atoms with Gasteiger partial charge >= 0.3 is 6.09 Å². The maximum Gasteiger partial charge on any atom is 0.407 e. The van der Waals surface area contributed by atoms with Crippen LogP contribution in [0.25, 0.3) is 0 Å². The predicted octanol–water partition coefficient (Wildman–Crippen LogP) is 0.791. The molecule has 0 aromatic heterocycles. The van der Waals surface area contributed by atoms with E-state index in [2.05, 4.69) is 34.8 Å². The van der Waals surface area contributed by atoms with Crippen molar-refractivity contribution in [2.45, 2.75) is 40.2 Å². The summed E-state index contributed by atoms with van der Waals surface area (Å²) in [5.41, 5.74) is -0.518. The highest BCUT2D eigenvalue weighted by Crippen LogP contribution is 2.05. The van der Waals surface area contributed by atoms with Crippen LogP contribution in [0.15, 0.2) is 4.99 Å². The highest BCUT2D eigenvalue weighted by atomic mass is 16.6. The fraction of sp³-hybridized carbons (Fsp3) is 0.812. The van der Waals surface area contributed by atoms with Crippen LogP contribution in [0.1, 0.15) is 34.6 Å². The number of amides is 2. The normalized spacial score (nSPS) is 11.9. The molecule has 3 N–H and O–H groups in total. The first-order chi connectivity index (χ1) is 11.0. The van der Waals surface area contributed by atoms with E-state index in [4.69, 9.17) is 4.74 Å². The Balaban J connectivity index is 4.33. The fourth-order valence-electron chi connectivity index (χ4n) is 1.42. The molecule has 0 aromatic rings. The van der Waals surface area contributed by atoms with Gasteiger partial charge in [-0.15, -0.1) is 0 Å². The highest BCUT2D eigenvalue weighted by molar-refractivity contribution is 5.84. The van der Waals surface area contributed by atoms with Crippen molar-refractivity contribution in [1.29, 1.82) is 0 Å². The van der Waals surface area contributed by atoms with Crippen LogP contribution in [-0.4, -0.2) is 68.7 Å². The number of hydrogen-bond acceptors (Lipinski definition) is 4. The third kappa shape index (κ3) is 12.5. The molecule has 2 amide bonds. The van der Waals surface area contributed by atoms with E-state index in [1.54, 1.807) is 14.1 Å². The third-order valence-corrected chi connectivity index (χ3v) is 2.63. The molecule has 0 radical (unpaired) electrons. The second-order valence-electron chi connectivity index (χ2n) is 7.08. The topological polar surface area (TPSA) is 95.1 Å². The van der Waals surface area contributed by atoms with Crippen molar-refractivity contribution in [3.05, 3.63) is 0 Å². The molecule has 0 aliphatic carbocycles. The van der Waals surface area contributed by atoms with Crippen molar-refractivity contribution in [3.63, 3.8) is 0 Å². The van der Waals surface area contributed by atoms with Gasteiger partial charge in [0.1, 0.15) is 12.1 Å². The molecule has 0 atom stereocenters. The Hall–Kier alpha value is -1.99. The molecule has 0 heterocycles. The Bertz CT molecular complexity index is 428. The summed E-state index contributed by atoms with van der Waals surface area (Å²) in [5, 5.41) is 8.91. The number of ether oxygens (including phenoxy) is 1. The molecule has 8 heteroatoms. The molecular formula is C16H33N5O3. The summed E-state index contributed by atoms with van der Waals surface area (Å²) in [6.45, 7) is 11.3. The first-order valence-electron chi connectivity index (χ1n) is 8.20. The van der Waals surface area contributed by atoms with Gasteiger partial charge in [0.15, 0.2) is 5.96 Å². The molecule has 0 rings (SSSR count). The fourth-order valence-corrected chi connectivity index (χ4v) is 1.42. The lowest BCUT2D eigenvalue weighted by molar-refractivity contribution is -0.127. The zero-order valence-corrected chi connectivity index (χ0v) is 16.0. The van der Waals surface area contributed by atoms with Gasteiger partial charge in [-0.25, -0.2) is 9.79 Å². The van der Waals surface area contributed by atoms with Crippen LogP contribution >= 0.6 is 0 Å². The first kappa shape index (κ1) is 22.0. The largest absolute Gasteiger partial charge is 0.444 e. The molecule has 0 aromatic carbocycles. The smallest absolute Gasteiger partial charge is 0.407 e. The lowest BCUT2D eigenvalue weighted by Gasteiger charge is -2.20. The Kier molecular flexibility index (Phi) is 9.83. The highest BCUT2D eigenvalue weighted by Gasteiger charge is 2.15. The third-order valence-electron chi connectivity index (χ3n) is 2.63. The summed E-state index contributed by atoms with van der Waals surface area (Å²) in [7, 11) is 3.38. The second-order valence-corrected chi connectivity index (χ2v) is 7.08. The van der Waals surface area contributed by atoms with Crippen molar-refractivity contribution in [2.24, 2.45) is 10.9 Å². The summed E-state index contributed by atoms with van der Waals surface area (Å²) in [4.78, 5) is 28.9. The summed E-state index contributed by atoms with van der Waals surface area (Å²) in [5.74, 6) is 0.916. The Morgan fingerprint density at radius 2 is 1.67 bits per heavy atom. The van der Waals surface area contributed by atoms with Gasteiger partial charge in [-0.05, 0) is 26.7 Å². The number of nitrogens with zero attached hydrogens (tertiary/aromatic N) is 2. The van der Waals surface area contributed by atoms with Crippen LogP contribution in [-0.2, 0) is 9.53 Å². The van der Waals surface area contributed by atoms with Gasteiger partial charge in [0.2, 0.25) is 5.91 Å². The molecule has 0 bridgehead atoms. The first-order valence-corrected chi connectivity index (χ1v) is 8.20. The minimum absolute atomic E-state index is 0.0694. The minimum Gasteiger partial charge on any atom is -0.444 e. The van der Waals surface area contributed by atoms with Gasteiger partial charge in [-0.1, -0.05) is 13.8 Å². The van der Waals surface area contributed by atoms with Gasteiger partial charge in [0, 0.05) is 33.7 Å². The average Bonchev–Trinajstić information content (AvgIpc) is 2.42. The van der Waals surface area contributed by atoms with Crippen molar-refractivity contribution >= 4 is 18.0 Å². The zero-order chi connectivity index (χ0) is 18.8. The van der Waals surface area contributed by atoms with Crippen LogP contribution in [0.4, 0.5) is 4.79 Å². The predicted molar refractivity (Wildman–Crippen MR) is 96.1 cm³/mol. The number of aliphatic imine (C=N–C) groups is 1. The van der Waals surface area contributed by atoms with E-state index in [1.807, 2.05) is 20.8 Å². The van der Waals surface area contributed by atoms with E-state index in [9.17, 15) is 9.59 Å². The van der Waals surface area contributed by atoms with Crippen LogP contribution in [0.3, 0.4) is 0 Å². The van der Waals surface area contributed by atoms with Gasteiger partial charge < -0.3 is 25.6 Å². The number of likely N-dealkylation sites (N-methyl/N-ethyl adjacent to an activating group) is 1. The number of carbonyl (C=O) groups is 2. The van der Waals surface area contributed by atoms with Crippen LogP contribution < -0.4 is 16.0 Å². The SMILES string of the molecule is CC(C)CNC(=NCC(=O)N(C)C)NCCNC(=O)OC(C)(C)C. The quantitative estimate of drug-likeness (QED) is 0.361. The number of hydrogen-bond donors (Lipinski definition) is 3. The summed E-state index contributed by atoms with van der Waals surface area (Å²) >= 11 is 0. The van der Waals surface area contributed by atoms with Gasteiger partial charge in [-0.2, -0.15) is 0 Å². The monoisotopic (exact) mass is 343 g/mol. The van der Waals surface area contributed by atoms with Crippen molar-refractivity contribution < 1.29 is 14.3 Å². The molecule has 0 saturated carbocycles. The lowest BCUT2D eigenvalue weighted by atomic mass is 10.2. The molecule has 0 aliphatic rings. The molecular weight excluding hydrogens is 310 g/mol. The molecule has 0 saturated heterocycles. The number of rotatable bonds is 7. The van der Waals surface area contributed by atoms with Gasteiger partial charge in [-0.3, -0.25) is 4.79 Å². The molecule has 140 valence electrons. The van der Waals surface area contributed by atoms with E-state index in [1.165, 1.54) is 4.90 Å². The summed E-state index contributed by atoms with van der Waals surface area (Å²) in [6.07, 6.45) is -0.458.